The van der Waals surface area contributed by atoms with Crippen molar-refractivity contribution in [2.24, 2.45) is 0 Å². The number of hydrogen-bond acceptors (Lipinski definition) is 7. The van der Waals surface area contributed by atoms with E-state index in [1.807, 2.05) is 13.8 Å². The Labute approximate surface area is 209 Å². The number of thiophene rings is 1. The molecule has 2 amide bonds. The van der Waals surface area contributed by atoms with Crippen LogP contribution in [0.15, 0.2) is 18.2 Å². The van der Waals surface area contributed by atoms with Crippen molar-refractivity contribution in [1.29, 1.82) is 0 Å². The standard InChI is InChI=1S/C23H28FN3O5S.C2H6/c1-13-8-9-16(15(24)12-13)26-21-18(14-6-5-7-17(28)19(14)33-21)20(29)27-31-11-10-25-22(30)32-23(2,3)4;1-2/h8-9,12,26H,5-7,10-11H2,1-4H3,(H,25,30)(H,27,29);1-2H3. The molecule has 10 heteroatoms. The van der Waals surface area contributed by atoms with Crippen LogP contribution in [0.25, 0.3) is 0 Å². The number of amides is 2. The summed E-state index contributed by atoms with van der Waals surface area (Å²) in [5.41, 5.74) is 3.62. The van der Waals surface area contributed by atoms with Crippen molar-refractivity contribution in [3.05, 3.63) is 45.6 Å². The van der Waals surface area contributed by atoms with Crippen LogP contribution in [0, 0.1) is 12.7 Å². The number of ketones is 1. The maximum Gasteiger partial charge on any atom is 0.407 e. The van der Waals surface area contributed by atoms with Gasteiger partial charge in [-0.1, -0.05) is 19.9 Å². The van der Waals surface area contributed by atoms with E-state index in [1.54, 1.807) is 39.8 Å². The van der Waals surface area contributed by atoms with E-state index in [4.69, 9.17) is 9.57 Å². The molecule has 1 aliphatic rings. The van der Waals surface area contributed by atoms with Crippen LogP contribution in [0.2, 0.25) is 0 Å². The maximum absolute atomic E-state index is 14.4. The number of hydroxylamine groups is 1. The Morgan fingerprint density at radius 2 is 1.89 bits per heavy atom. The molecular formula is C25H34FN3O5S. The number of nitrogens with one attached hydrogen (secondary N) is 3. The molecule has 2 aromatic rings. The number of aryl methyl sites for hydroxylation is 1. The van der Waals surface area contributed by atoms with E-state index in [2.05, 4.69) is 16.1 Å². The molecule has 0 saturated heterocycles. The van der Waals surface area contributed by atoms with Crippen molar-refractivity contribution in [2.45, 2.75) is 66.4 Å². The molecule has 192 valence electrons. The van der Waals surface area contributed by atoms with Gasteiger partial charge in [0.2, 0.25) is 0 Å². The number of alkyl carbamates (subject to hydrolysis) is 1. The quantitative estimate of drug-likeness (QED) is 0.329. The molecule has 0 aliphatic heterocycles. The Balaban J connectivity index is 0.00000210. The largest absolute Gasteiger partial charge is 0.444 e. The second-order valence-electron chi connectivity index (χ2n) is 8.71. The van der Waals surface area contributed by atoms with Crippen LogP contribution in [-0.2, 0) is 16.0 Å². The molecule has 35 heavy (non-hydrogen) atoms. The van der Waals surface area contributed by atoms with E-state index in [1.165, 1.54) is 6.07 Å². The minimum atomic E-state index is -0.616. The molecule has 0 bridgehead atoms. The molecule has 3 N–H and O–H groups in total. The fourth-order valence-corrected chi connectivity index (χ4v) is 4.55. The van der Waals surface area contributed by atoms with Crippen molar-refractivity contribution in [2.75, 3.05) is 18.5 Å². The molecule has 1 aliphatic carbocycles. The minimum Gasteiger partial charge on any atom is -0.444 e. The zero-order valence-electron chi connectivity index (χ0n) is 21.1. The summed E-state index contributed by atoms with van der Waals surface area (Å²) in [7, 11) is 0. The summed E-state index contributed by atoms with van der Waals surface area (Å²) in [4.78, 5) is 42.7. The minimum absolute atomic E-state index is 0.00555. The van der Waals surface area contributed by atoms with Crippen LogP contribution in [0.5, 0.6) is 0 Å². The van der Waals surface area contributed by atoms with Crippen molar-refractivity contribution in [3.8, 4) is 0 Å². The van der Waals surface area contributed by atoms with Crippen molar-refractivity contribution < 1.29 is 28.3 Å². The van der Waals surface area contributed by atoms with Crippen LogP contribution < -0.4 is 16.1 Å². The zero-order chi connectivity index (χ0) is 26.2. The van der Waals surface area contributed by atoms with Gasteiger partial charge in [0.05, 0.1) is 22.7 Å². The number of Topliss-reactive ketones (excluding diaryl/α,β-unsaturated/α-hetero) is 1. The first-order valence-corrected chi connectivity index (χ1v) is 12.5. The highest BCUT2D eigenvalue weighted by Gasteiger charge is 2.30. The van der Waals surface area contributed by atoms with Crippen LogP contribution in [0.4, 0.5) is 19.9 Å². The third-order valence-electron chi connectivity index (χ3n) is 4.73. The third-order valence-corrected chi connectivity index (χ3v) is 5.92. The predicted octanol–water partition coefficient (Wildman–Crippen LogP) is 5.67. The summed E-state index contributed by atoms with van der Waals surface area (Å²) in [6, 6.07) is 4.73. The van der Waals surface area contributed by atoms with Crippen molar-refractivity contribution in [3.63, 3.8) is 0 Å². The number of benzene rings is 1. The van der Waals surface area contributed by atoms with E-state index in [9.17, 15) is 18.8 Å². The van der Waals surface area contributed by atoms with Gasteiger partial charge >= 0.3 is 6.09 Å². The number of rotatable bonds is 7. The van der Waals surface area contributed by atoms with E-state index < -0.39 is 23.4 Å². The number of carbonyl (C=O) groups excluding carboxylic acids is 3. The smallest absolute Gasteiger partial charge is 0.407 e. The first kappa shape index (κ1) is 28.3. The molecule has 0 unspecified atom stereocenters. The summed E-state index contributed by atoms with van der Waals surface area (Å²) in [6.07, 6.45) is 1.04. The lowest BCUT2D eigenvalue weighted by molar-refractivity contribution is 0.0284. The summed E-state index contributed by atoms with van der Waals surface area (Å²) >= 11 is 1.14. The third kappa shape index (κ3) is 8.03. The Morgan fingerprint density at radius 1 is 1.17 bits per heavy atom. The Morgan fingerprint density at radius 3 is 2.54 bits per heavy atom. The summed E-state index contributed by atoms with van der Waals surface area (Å²) in [6.45, 7) is 11.2. The van der Waals surface area contributed by atoms with Gasteiger partial charge in [0, 0.05) is 13.0 Å². The Kier molecular flexibility index (Phi) is 10.2. The Hall–Kier alpha value is -2.98. The van der Waals surface area contributed by atoms with Crippen molar-refractivity contribution >= 4 is 39.8 Å². The molecular weight excluding hydrogens is 473 g/mol. The van der Waals surface area contributed by atoms with Crippen LogP contribution >= 0.6 is 11.3 Å². The normalized spacial score (nSPS) is 12.7. The lowest BCUT2D eigenvalue weighted by atomic mass is 9.94. The first-order chi connectivity index (χ1) is 16.5. The highest BCUT2D eigenvalue weighted by Crippen LogP contribution is 2.39. The molecule has 1 heterocycles. The fraction of sp³-hybridized carbons (Fsp3) is 0.480. The highest BCUT2D eigenvalue weighted by atomic mass is 32.1. The van der Waals surface area contributed by atoms with Gasteiger partial charge in [-0.2, -0.15) is 0 Å². The number of hydrogen-bond donors (Lipinski definition) is 3. The summed E-state index contributed by atoms with van der Waals surface area (Å²) < 4.78 is 19.5. The molecule has 0 saturated carbocycles. The molecule has 0 atom stereocenters. The molecule has 0 radical (unpaired) electrons. The summed E-state index contributed by atoms with van der Waals surface area (Å²) in [5.74, 6) is -1.03. The average molecular weight is 508 g/mol. The molecule has 1 aromatic heterocycles. The van der Waals surface area contributed by atoms with Gasteiger partial charge < -0.3 is 15.4 Å². The summed E-state index contributed by atoms with van der Waals surface area (Å²) in [5, 5.41) is 5.87. The molecule has 8 nitrogen and oxygen atoms in total. The van der Waals surface area contributed by atoms with E-state index in [-0.39, 0.29) is 30.2 Å². The van der Waals surface area contributed by atoms with Gasteiger partial charge in [-0.15, -0.1) is 11.3 Å². The number of anilines is 2. The van der Waals surface area contributed by atoms with Crippen molar-refractivity contribution in [1.82, 2.24) is 10.8 Å². The lowest BCUT2D eigenvalue weighted by Gasteiger charge is -2.19. The lowest BCUT2D eigenvalue weighted by Crippen LogP contribution is -2.35. The average Bonchev–Trinajstić information content (AvgIpc) is 3.15. The second-order valence-corrected chi connectivity index (χ2v) is 9.73. The van der Waals surface area contributed by atoms with Crippen LogP contribution in [0.3, 0.4) is 0 Å². The van der Waals surface area contributed by atoms with Gasteiger partial charge in [0.1, 0.15) is 16.4 Å². The topological polar surface area (TPSA) is 106 Å². The number of halogens is 1. The molecule has 0 fully saturated rings. The van der Waals surface area contributed by atoms with Gasteiger partial charge in [-0.25, -0.2) is 14.7 Å². The highest BCUT2D eigenvalue weighted by molar-refractivity contribution is 7.18. The van der Waals surface area contributed by atoms with Gasteiger partial charge in [-0.05, 0) is 63.8 Å². The SMILES string of the molecule is CC.Cc1ccc(Nc2sc3c(c2C(=O)NOCCNC(=O)OC(C)(C)C)CCCC3=O)c(F)c1. The van der Waals surface area contributed by atoms with Crippen LogP contribution in [0.1, 0.15) is 78.6 Å². The predicted molar refractivity (Wildman–Crippen MR) is 135 cm³/mol. The number of ether oxygens (including phenoxy) is 1. The number of fused-ring (bicyclic) bond motifs is 1. The monoisotopic (exact) mass is 507 g/mol. The zero-order valence-corrected chi connectivity index (χ0v) is 21.9. The van der Waals surface area contributed by atoms with Gasteiger partial charge in [0.25, 0.3) is 5.91 Å². The van der Waals surface area contributed by atoms with Gasteiger partial charge in [0.15, 0.2) is 5.78 Å². The fourth-order valence-electron chi connectivity index (χ4n) is 3.33. The second kappa shape index (κ2) is 12.6. The van der Waals surface area contributed by atoms with E-state index in [0.717, 1.165) is 16.9 Å². The van der Waals surface area contributed by atoms with E-state index in [0.29, 0.717) is 34.7 Å². The first-order valence-electron chi connectivity index (χ1n) is 11.7. The molecule has 3 rings (SSSR count). The van der Waals surface area contributed by atoms with Gasteiger partial charge in [-0.3, -0.25) is 14.4 Å². The molecule has 1 aromatic carbocycles. The van der Waals surface area contributed by atoms with E-state index >= 15 is 0 Å². The Bertz CT molecular complexity index is 1060. The molecule has 0 spiro atoms. The van der Waals surface area contributed by atoms with Crippen LogP contribution in [-0.4, -0.2) is 36.5 Å². The number of carbonyl (C=O) groups is 3. The maximum atomic E-state index is 14.4.